The summed E-state index contributed by atoms with van der Waals surface area (Å²) in [7, 11) is 0. The molecular formula is C18H22N2S. The van der Waals surface area contributed by atoms with Crippen LogP contribution in [0.1, 0.15) is 36.5 Å². The minimum atomic E-state index is 0.507. The molecule has 0 amide bonds. The fraction of sp³-hybridized carbons (Fsp3) is 0.278. The van der Waals surface area contributed by atoms with E-state index in [0.717, 1.165) is 11.4 Å². The van der Waals surface area contributed by atoms with Gasteiger partial charge < -0.3 is 10.6 Å². The van der Waals surface area contributed by atoms with Crippen molar-refractivity contribution in [3.8, 4) is 0 Å². The number of benzene rings is 2. The first-order chi connectivity index (χ1) is 9.95. The number of nitrogens with one attached hydrogen (secondary N) is 2. The predicted molar refractivity (Wildman–Crippen MR) is 96.3 cm³/mol. The summed E-state index contributed by atoms with van der Waals surface area (Å²) in [5, 5.41) is 7.14. The third-order valence-corrected chi connectivity index (χ3v) is 3.66. The van der Waals surface area contributed by atoms with Crippen LogP contribution in [0.3, 0.4) is 0 Å². The summed E-state index contributed by atoms with van der Waals surface area (Å²) in [6.07, 6.45) is 0. The molecule has 2 nitrogen and oxygen atoms in total. The summed E-state index contributed by atoms with van der Waals surface area (Å²) >= 11 is 5.41. The smallest absolute Gasteiger partial charge is 0.175 e. The van der Waals surface area contributed by atoms with Gasteiger partial charge in [-0.1, -0.05) is 38.1 Å². The van der Waals surface area contributed by atoms with E-state index in [-0.39, 0.29) is 0 Å². The summed E-state index contributed by atoms with van der Waals surface area (Å²) in [6.45, 7) is 8.52. The third-order valence-electron chi connectivity index (χ3n) is 3.45. The summed E-state index contributed by atoms with van der Waals surface area (Å²) in [5.74, 6) is 0.507. The molecule has 2 N–H and O–H groups in total. The highest BCUT2D eigenvalue weighted by Gasteiger charge is 2.04. The second-order valence-electron chi connectivity index (χ2n) is 5.68. The van der Waals surface area contributed by atoms with Crippen molar-refractivity contribution in [1.82, 2.24) is 0 Å². The minimum absolute atomic E-state index is 0.507. The zero-order valence-electron chi connectivity index (χ0n) is 13.0. The van der Waals surface area contributed by atoms with Crippen LogP contribution in [-0.4, -0.2) is 5.11 Å². The molecule has 0 aliphatic heterocycles. The zero-order chi connectivity index (χ0) is 15.4. The van der Waals surface area contributed by atoms with Crippen molar-refractivity contribution >= 4 is 28.7 Å². The molecule has 0 unspecified atom stereocenters. The van der Waals surface area contributed by atoms with Crippen LogP contribution < -0.4 is 10.6 Å². The Morgan fingerprint density at radius 1 is 1.00 bits per heavy atom. The van der Waals surface area contributed by atoms with Crippen molar-refractivity contribution in [3.05, 3.63) is 59.2 Å². The standard InChI is InChI=1S/C18H22N2S/c1-12(2)15-6-5-7-16(11-15)19-18(21)20-17-10-13(3)8-9-14(17)4/h5-12H,1-4H3,(H2,19,20,21). The summed E-state index contributed by atoms with van der Waals surface area (Å²) in [6, 6.07) is 14.7. The maximum Gasteiger partial charge on any atom is 0.175 e. The summed E-state index contributed by atoms with van der Waals surface area (Å²) < 4.78 is 0. The largest absolute Gasteiger partial charge is 0.332 e. The van der Waals surface area contributed by atoms with Gasteiger partial charge in [0, 0.05) is 11.4 Å². The number of hydrogen-bond donors (Lipinski definition) is 2. The van der Waals surface area contributed by atoms with E-state index in [0.29, 0.717) is 11.0 Å². The Morgan fingerprint density at radius 3 is 2.48 bits per heavy atom. The van der Waals surface area contributed by atoms with Crippen molar-refractivity contribution in [2.45, 2.75) is 33.6 Å². The third kappa shape index (κ3) is 4.30. The lowest BCUT2D eigenvalue weighted by Crippen LogP contribution is -2.19. The SMILES string of the molecule is Cc1ccc(C)c(NC(=S)Nc2cccc(C(C)C)c2)c1. The van der Waals surface area contributed by atoms with E-state index in [4.69, 9.17) is 12.2 Å². The molecule has 0 atom stereocenters. The van der Waals surface area contributed by atoms with Gasteiger partial charge in [0.05, 0.1) is 0 Å². The van der Waals surface area contributed by atoms with E-state index in [2.05, 4.69) is 74.7 Å². The second kappa shape index (κ2) is 6.72. The molecule has 0 saturated carbocycles. The minimum Gasteiger partial charge on any atom is -0.332 e. The quantitative estimate of drug-likeness (QED) is 0.758. The number of rotatable bonds is 3. The number of aryl methyl sites for hydroxylation is 2. The second-order valence-corrected chi connectivity index (χ2v) is 6.09. The molecule has 0 heterocycles. The van der Waals surface area contributed by atoms with E-state index >= 15 is 0 Å². The van der Waals surface area contributed by atoms with Gasteiger partial charge >= 0.3 is 0 Å². The molecule has 2 aromatic carbocycles. The number of hydrogen-bond acceptors (Lipinski definition) is 1. The van der Waals surface area contributed by atoms with Gasteiger partial charge in [0.1, 0.15) is 0 Å². The highest BCUT2D eigenvalue weighted by atomic mass is 32.1. The van der Waals surface area contributed by atoms with Crippen LogP contribution in [0.5, 0.6) is 0 Å². The van der Waals surface area contributed by atoms with Crippen LogP contribution in [0.25, 0.3) is 0 Å². The van der Waals surface area contributed by atoms with E-state index in [9.17, 15) is 0 Å². The average molecular weight is 298 g/mol. The predicted octanol–water partition coefficient (Wildman–Crippen LogP) is 5.24. The Labute approximate surface area is 132 Å². The van der Waals surface area contributed by atoms with E-state index in [1.807, 2.05) is 6.07 Å². The molecule has 3 heteroatoms. The number of anilines is 2. The lowest BCUT2D eigenvalue weighted by Gasteiger charge is -2.14. The Hall–Kier alpha value is -1.87. The van der Waals surface area contributed by atoms with Crippen molar-refractivity contribution in [3.63, 3.8) is 0 Å². The molecule has 2 rings (SSSR count). The van der Waals surface area contributed by atoms with E-state index in [1.54, 1.807) is 0 Å². The van der Waals surface area contributed by atoms with Gasteiger partial charge in [0.2, 0.25) is 0 Å². The highest BCUT2D eigenvalue weighted by molar-refractivity contribution is 7.80. The molecule has 0 aromatic heterocycles. The molecule has 2 aromatic rings. The topological polar surface area (TPSA) is 24.1 Å². The van der Waals surface area contributed by atoms with Crippen LogP contribution in [0, 0.1) is 13.8 Å². The van der Waals surface area contributed by atoms with Gasteiger partial charge in [-0.2, -0.15) is 0 Å². The van der Waals surface area contributed by atoms with Crippen LogP contribution >= 0.6 is 12.2 Å². The van der Waals surface area contributed by atoms with Crippen LogP contribution in [0.2, 0.25) is 0 Å². The molecule has 0 aliphatic rings. The Morgan fingerprint density at radius 2 is 1.76 bits per heavy atom. The maximum atomic E-state index is 5.41. The molecule has 0 aliphatic carbocycles. The first kappa shape index (κ1) is 15.5. The average Bonchev–Trinajstić information content (AvgIpc) is 2.43. The molecule has 0 radical (unpaired) electrons. The van der Waals surface area contributed by atoms with Gasteiger partial charge in [-0.05, 0) is 66.9 Å². The monoisotopic (exact) mass is 298 g/mol. The van der Waals surface area contributed by atoms with Crippen molar-refractivity contribution < 1.29 is 0 Å². The normalized spacial score (nSPS) is 10.5. The van der Waals surface area contributed by atoms with Crippen LogP contribution in [-0.2, 0) is 0 Å². The Kier molecular flexibility index (Phi) is 4.97. The Bertz CT molecular complexity index is 647. The Balaban J connectivity index is 2.08. The lowest BCUT2D eigenvalue weighted by atomic mass is 10.0. The summed E-state index contributed by atoms with van der Waals surface area (Å²) in [5.41, 5.74) is 5.76. The van der Waals surface area contributed by atoms with Crippen molar-refractivity contribution in [2.24, 2.45) is 0 Å². The van der Waals surface area contributed by atoms with Gasteiger partial charge in [-0.25, -0.2) is 0 Å². The van der Waals surface area contributed by atoms with Gasteiger partial charge in [-0.15, -0.1) is 0 Å². The molecule has 110 valence electrons. The number of thiocarbonyl (C=S) groups is 1. The molecule has 0 spiro atoms. The molecule has 21 heavy (non-hydrogen) atoms. The van der Waals surface area contributed by atoms with Crippen LogP contribution in [0.4, 0.5) is 11.4 Å². The first-order valence-corrected chi connectivity index (χ1v) is 7.62. The molecule has 0 bridgehead atoms. The van der Waals surface area contributed by atoms with E-state index < -0.39 is 0 Å². The fourth-order valence-electron chi connectivity index (χ4n) is 2.13. The van der Waals surface area contributed by atoms with Gasteiger partial charge in [0.15, 0.2) is 5.11 Å². The first-order valence-electron chi connectivity index (χ1n) is 7.21. The fourth-order valence-corrected chi connectivity index (χ4v) is 2.36. The molecule has 0 saturated heterocycles. The maximum absolute atomic E-state index is 5.41. The van der Waals surface area contributed by atoms with Gasteiger partial charge in [-0.3, -0.25) is 0 Å². The van der Waals surface area contributed by atoms with Gasteiger partial charge in [0.25, 0.3) is 0 Å². The zero-order valence-corrected chi connectivity index (χ0v) is 13.8. The lowest BCUT2D eigenvalue weighted by molar-refractivity contribution is 0.867. The van der Waals surface area contributed by atoms with Crippen molar-refractivity contribution in [2.75, 3.05) is 10.6 Å². The van der Waals surface area contributed by atoms with E-state index in [1.165, 1.54) is 16.7 Å². The molecule has 0 fully saturated rings. The van der Waals surface area contributed by atoms with Crippen LogP contribution in [0.15, 0.2) is 42.5 Å². The highest BCUT2D eigenvalue weighted by Crippen LogP contribution is 2.20. The van der Waals surface area contributed by atoms with Crippen molar-refractivity contribution in [1.29, 1.82) is 0 Å². The molecular weight excluding hydrogens is 276 g/mol. The summed E-state index contributed by atoms with van der Waals surface area (Å²) in [4.78, 5) is 0.